The highest BCUT2D eigenvalue weighted by Gasteiger charge is 2.18. The lowest BCUT2D eigenvalue weighted by Crippen LogP contribution is -2.02. The predicted octanol–water partition coefficient (Wildman–Crippen LogP) is 2.59. The standard InChI is InChI=1S/C16H12O6/c1-21-12-7-8(5-6-9(12)17)16-15(20)14(19)13-10(18)3-2-4-11(13)22-16/h2-7,17-18,20H,1H3. The third kappa shape index (κ3) is 2.01. The minimum atomic E-state index is -0.735. The summed E-state index contributed by atoms with van der Waals surface area (Å²) in [7, 11) is 1.38. The molecule has 112 valence electrons. The molecule has 0 bridgehead atoms. The van der Waals surface area contributed by atoms with E-state index in [9.17, 15) is 20.1 Å². The fourth-order valence-electron chi connectivity index (χ4n) is 2.23. The summed E-state index contributed by atoms with van der Waals surface area (Å²) in [6, 6.07) is 8.64. The third-order valence-corrected chi connectivity index (χ3v) is 3.32. The van der Waals surface area contributed by atoms with E-state index in [2.05, 4.69) is 0 Å². The van der Waals surface area contributed by atoms with Crippen LogP contribution in [-0.4, -0.2) is 22.4 Å². The van der Waals surface area contributed by atoms with Gasteiger partial charge in [-0.2, -0.15) is 0 Å². The zero-order valence-corrected chi connectivity index (χ0v) is 11.5. The molecule has 1 aromatic heterocycles. The Bertz CT molecular complexity index is 926. The van der Waals surface area contributed by atoms with E-state index in [1.165, 1.54) is 43.5 Å². The maximum Gasteiger partial charge on any atom is 0.238 e. The van der Waals surface area contributed by atoms with Gasteiger partial charge < -0.3 is 24.5 Å². The van der Waals surface area contributed by atoms with Gasteiger partial charge in [0.1, 0.15) is 16.7 Å². The highest BCUT2D eigenvalue weighted by Crippen LogP contribution is 2.36. The summed E-state index contributed by atoms with van der Waals surface area (Å²) in [4.78, 5) is 12.2. The number of methoxy groups -OCH3 is 1. The van der Waals surface area contributed by atoms with Crippen LogP contribution >= 0.6 is 0 Å². The molecule has 0 radical (unpaired) electrons. The molecule has 1 heterocycles. The van der Waals surface area contributed by atoms with Gasteiger partial charge in [0.25, 0.3) is 0 Å². The van der Waals surface area contributed by atoms with Crippen molar-refractivity contribution in [2.75, 3.05) is 7.11 Å². The van der Waals surface area contributed by atoms with Gasteiger partial charge in [-0.25, -0.2) is 0 Å². The molecule has 3 rings (SSSR count). The SMILES string of the molecule is COc1cc(-c2oc3cccc(O)c3c(=O)c2O)ccc1O. The first-order chi connectivity index (χ1) is 10.5. The van der Waals surface area contributed by atoms with Gasteiger partial charge in [0.15, 0.2) is 17.3 Å². The molecule has 22 heavy (non-hydrogen) atoms. The number of rotatable bonds is 2. The number of ether oxygens (including phenoxy) is 1. The molecule has 0 saturated heterocycles. The first kappa shape index (κ1) is 13.8. The van der Waals surface area contributed by atoms with E-state index in [0.29, 0.717) is 5.56 Å². The first-order valence-electron chi connectivity index (χ1n) is 6.38. The minimum absolute atomic E-state index is 0.0681. The van der Waals surface area contributed by atoms with E-state index >= 15 is 0 Å². The molecular formula is C16H12O6. The van der Waals surface area contributed by atoms with Gasteiger partial charge in [0, 0.05) is 5.56 Å². The molecule has 0 fully saturated rings. The van der Waals surface area contributed by atoms with Crippen molar-refractivity contribution in [1.82, 2.24) is 0 Å². The molecule has 0 aliphatic heterocycles. The third-order valence-electron chi connectivity index (χ3n) is 3.32. The summed E-state index contributed by atoms with van der Waals surface area (Å²) >= 11 is 0. The number of hydrogen-bond donors (Lipinski definition) is 3. The van der Waals surface area contributed by atoms with Crippen LogP contribution in [0.4, 0.5) is 0 Å². The van der Waals surface area contributed by atoms with Crippen LogP contribution in [0, 0.1) is 0 Å². The van der Waals surface area contributed by atoms with Gasteiger partial charge in [0.05, 0.1) is 7.11 Å². The number of hydrogen-bond acceptors (Lipinski definition) is 6. The van der Waals surface area contributed by atoms with Crippen molar-refractivity contribution in [1.29, 1.82) is 0 Å². The molecule has 0 unspecified atom stereocenters. The summed E-state index contributed by atoms with van der Waals surface area (Å²) in [5.74, 6) is -0.860. The van der Waals surface area contributed by atoms with Crippen molar-refractivity contribution in [3.05, 3.63) is 46.6 Å². The van der Waals surface area contributed by atoms with Crippen molar-refractivity contribution in [2.24, 2.45) is 0 Å². The fraction of sp³-hybridized carbons (Fsp3) is 0.0625. The molecule has 0 amide bonds. The van der Waals surface area contributed by atoms with E-state index in [0.717, 1.165) is 0 Å². The van der Waals surface area contributed by atoms with E-state index in [1.807, 2.05) is 0 Å². The average Bonchev–Trinajstić information content (AvgIpc) is 2.51. The zero-order chi connectivity index (χ0) is 15.9. The van der Waals surface area contributed by atoms with Crippen LogP contribution in [0.1, 0.15) is 0 Å². The molecular weight excluding hydrogens is 288 g/mol. The number of benzene rings is 2. The summed E-state index contributed by atoms with van der Waals surface area (Å²) in [6.45, 7) is 0. The van der Waals surface area contributed by atoms with Crippen molar-refractivity contribution in [3.63, 3.8) is 0 Å². The Balaban J connectivity index is 2.33. The van der Waals surface area contributed by atoms with Crippen molar-refractivity contribution < 1.29 is 24.5 Å². The first-order valence-corrected chi connectivity index (χ1v) is 6.38. The number of fused-ring (bicyclic) bond motifs is 1. The normalized spacial score (nSPS) is 10.8. The van der Waals surface area contributed by atoms with Crippen LogP contribution in [0.25, 0.3) is 22.3 Å². The summed E-state index contributed by atoms with van der Waals surface area (Å²) < 4.78 is 10.5. The second-order valence-corrected chi connectivity index (χ2v) is 4.65. The van der Waals surface area contributed by atoms with Crippen LogP contribution < -0.4 is 10.2 Å². The molecule has 0 atom stereocenters. The fourth-order valence-corrected chi connectivity index (χ4v) is 2.23. The van der Waals surface area contributed by atoms with Crippen LogP contribution in [0.3, 0.4) is 0 Å². The van der Waals surface area contributed by atoms with Gasteiger partial charge in [-0.15, -0.1) is 0 Å². The number of phenolic OH excluding ortho intramolecular Hbond substituents is 2. The van der Waals surface area contributed by atoms with E-state index in [1.54, 1.807) is 0 Å². The molecule has 3 N–H and O–H groups in total. The van der Waals surface area contributed by atoms with Crippen LogP contribution in [0.15, 0.2) is 45.6 Å². The van der Waals surface area contributed by atoms with Crippen molar-refractivity contribution in [2.45, 2.75) is 0 Å². The lowest BCUT2D eigenvalue weighted by molar-refractivity contribution is 0.373. The van der Waals surface area contributed by atoms with Crippen molar-refractivity contribution >= 4 is 11.0 Å². The Morgan fingerprint density at radius 3 is 2.55 bits per heavy atom. The van der Waals surface area contributed by atoms with Gasteiger partial charge >= 0.3 is 0 Å². The molecule has 0 saturated carbocycles. The second kappa shape index (κ2) is 5.00. The maximum atomic E-state index is 12.2. The Morgan fingerprint density at radius 2 is 1.82 bits per heavy atom. The van der Waals surface area contributed by atoms with Gasteiger partial charge in [-0.05, 0) is 30.3 Å². The van der Waals surface area contributed by atoms with E-state index in [4.69, 9.17) is 9.15 Å². The second-order valence-electron chi connectivity index (χ2n) is 4.65. The average molecular weight is 300 g/mol. The number of aromatic hydroxyl groups is 3. The van der Waals surface area contributed by atoms with Gasteiger partial charge in [-0.1, -0.05) is 6.07 Å². The summed E-state index contributed by atoms with van der Waals surface area (Å²) in [6.07, 6.45) is 0. The molecule has 0 aliphatic rings. The van der Waals surface area contributed by atoms with E-state index in [-0.39, 0.29) is 34.0 Å². The Hall–Kier alpha value is -3.15. The Kier molecular flexibility index (Phi) is 3.14. The lowest BCUT2D eigenvalue weighted by Gasteiger charge is -2.09. The monoisotopic (exact) mass is 300 g/mol. The zero-order valence-electron chi connectivity index (χ0n) is 11.5. The van der Waals surface area contributed by atoms with Gasteiger partial charge in [-0.3, -0.25) is 4.79 Å². The topological polar surface area (TPSA) is 100 Å². The van der Waals surface area contributed by atoms with Crippen LogP contribution in [0.5, 0.6) is 23.0 Å². The summed E-state index contributed by atoms with van der Waals surface area (Å²) in [5, 5.41) is 29.3. The minimum Gasteiger partial charge on any atom is -0.507 e. The quantitative estimate of drug-likeness (QED) is 0.672. The largest absolute Gasteiger partial charge is 0.507 e. The number of phenols is 2. The van der Waals surface area contributed by atoms with Crippen LogP contribution in [-0.2, 0) is 0 Å². The molecule has 6 heteroatoms. The van der Waals surface area contributed by atoms with E-state index < -0.39 is 11.2 Å². The predicted molar refractivity (Wildman–Crippen MR) is 79.5 cm³/mol. The molecule has 3 aromatic rings. The highest BCUT2D eigenvalue weighted by atomic mass is 16.5. The smallest absolute Gasteiger partial charge is 0.238 e. The molecule has 0 spiro atoms. The lowest BCUT2D eigenvalue weighted by atomic mass is 10.1. The molecule has 2 aromatic carbocycles. The van der Waals surface area contributed by atoms with Gasteiger partial charge in [0.2, 0.25) is 11.2 Å². The summed E-state index contributed by atoms with van der Waals surface area (Å²) in [5.41, 5.74) is -0.235. The van der Waals surface area contributed by atoms with Crippen molar-refractivity contribution in [3.8, 4) is 34.3 Å². The maximum absolute atomic E-state index is 12.2. The molecule has 6 nitrogen and oxygen atoms in total. The highest BCUT2D eigenvalue weighted by molar-refractivity contribution is 5.86. The Labute approximate surface area is 124 Å². The molecule has 0 aliphatic carbocycles. The van der Waals surface area contributed by atoms with Crippen LogP contribution in [0.2, 0.25) is 0 Å². The Morgan fingerprint density at radius 1 is 1.05 bits per heavy atom.